The number of carbonyl (C=O) groups excluding carboxylic acids is 2. The first kappa shape index (κ1) is 23.6. The van der Waals surface area contributed by atoms with Crippen LogP contribution in [-0.2, 0) is 33.6 Å². The highest BCUT2D eigenvalue weighted by molar-refractivity contribution is 7.19. The molecule has 2 saturated heterocycles. The SMILES string of the molecule is CC1(C)C2C(=O)N(Cc3cc4nccc(-c5nc(C(F)(F)F)cn5CC5CNCCO5)c4s3)C(=O)C21. The summed E-state index contributed by atoms with van der Waals surface area (Å²) in [6, 6.07) is 3.43. The maximum atomic E-state index is 13.6. The van der Waals surface area contributed by atoms with Gasteiger partial charge in [0.15, 0.2) is 5.69 Å². The third-order valence-electron chi connectivity index (χ3n) is 7.38. The molecular formula is C24H24F3N5O3S. The number of halogens is 3. The lowest BCUT2D eigenvalue weighted by molar-refractivity contribution is -0.144. The van der Waals surface area contributed by atoms with E-state index in [0.717, 1.165) is 11.1 Å². The molecule has 3 unspecified atom stereocenters. The van der Waals surface area contributed by atoms with Crippen LogP contribution in [0.15, 0.2) is 24.5 Å². The number of nitrogens with zero attached hydrogens (tertiary/aromatic N) is 4. The Bertz CT molecular complexity index is 1350. The molecule has 1 saturated carbocycles. The lowest BCUT2D eigenvalue weighted by atomic mass is 10.1. The number of alkyl halides is 3. The molecule has 3 aromatic rings. The number of nitrogens with one attached hydrogen (secondary N) is 1. The summed E-state index contributed by atoms with van der Waals surface area (Å²) in [5.41, 5.74) is -0.169. The second-order valence-corrected chi connectivity index (χ2v) is 11.3. The molecule has 6 rings (SSSR count). The lowest BCUT2D eigenvalue weighted by Gasteiger charge is -2.24. The zero-order chi connectivity index (χ0) is 25.4. The first-order valence-corrected chi connectivity index (χ1v) is 12.6. The average molecular weight is 520 g/mol. The number of pyridine rings is 1. The Hall–Kier alpha value is -2.83. The predicted molar refractivity (Wildman–Crippen MR) is 125 cm³/mol. The molecule has 0 spiro atoms. The molecule has 3 aromatic heterocycles. The summed E-state index contributed by atoms with van der Waals surface area (Å²) in [4.78, 5) is 35.9. The van der Waals surface area contributed by atoms with Crippen LogP contribution in [0.25, 0.3) is 21.6 Å². The number of aromatic nitrogens is 3. The van der Waals surface area contributed by atoms with Gasteiger partial charge in [-0.15, -0.1) is 11.3 Å². The number of likely N-dealkylation sites (tertiary alicyclic amines) is 1. The molecule has 2 aliphatic heterocycles. The molecule has 12 heteroatoms. The van der Waals surface area contributed by atoms with Crippen molar-refractivity contribution in [3.63, 3.8) is 0 Å². The van der Waals surface area contributed by atoms with Crippen LogP contribution in [0.3, 0.4) is 0 Å². The van der Waals surface area contributed by atoms with Gasteiger partial charge < -0.3 is 14.6 Å². The van der Waals surface area contributed by atoms with E-state index in [1.165, 1.54) is 27.0 Å². The maximum absolute atomic E-state index is 13.6. The fraction of sp³-hybridized carbons (Fsp3) is 0.500. The minimum atomic E-state index is -4.59. The molecule has 3 fully saturated rings. The molecule has 0 radical (unpaired) electrons. The van der Waals surface area contributed by atoms with Gasteiger partial charge in [-0.3, -0.25) is 19.5 Å². The van der Waals surface area contributed by atoms with E-state index in [-0.39, 0.29) is 54.1 Å². The van der Waals surface area contributed by atoms with E-state index >= 15 is 0 Å². The van der Waals surface area contributed by atoms with E-state index in [1.54, 1.807) is 12.1 Å². The van der Waals surface area contributed by atoms with Crippen molar-refractivity contribution in [3.05, 3.63) is 35.1 Å². The van der Waals surface area contributed by atoms with Crippen molar-refractivity contribution in [1.82, 2.24) is 24.8 Å². The Morgan fingerprint density at radius 1 is 1.25 bits per heavy atom. The fourth-order valence-electron chi connectivity index (χ4n) is 5.42. The zero-order valence-electron chi connectivity index (χ0n) is 19.6. The number of carbonyl (C=O) groups is 2. The molecule has 2 amide bonds. The number of hydrogen-bond acceptors (Lipinski definition) is 7. The van der Waals surface area contributed by atoms with Gasteiger partial charge in [-0.1, -0.05) is 13.8 Å². The smallest absolute Gasteiger partial charge is 0.374 e. The van der Waals surface area contributed by atoms with Crippen LogP contribution in [0.1, 0.15) is 24.4 Å². The summed E-state index contributed by atoms with van der Waals surface area (Å²) >= 11 is 1.31. The normalized spacial score (nSPS) is 25.6. The van der Waals surface area contributed by atoms with Gasteiger partial charge in [0.05, 0.1) is 47.9 Å². The summed E-state index contributed by atoms with van der Waals surface area (Å²) < 4.78 is 48.6. The van der Waals surface area contributed by atoms with E-state index in [9.17, 15) is 22.8 Å². The Balaban J connectivity index is 1.34. The van der Waals surface area contributed by atoms with E-state index < -0.39 is 11.9 Å². The van der Waals surface area contributed by atoms with Crippen LogP contribution in [0.4, 0.5) is 13.2 Å². The Morgan fingerprint density at radius 2 is 2.00 bits per heavy atom. The van der Waals surface area contributed by atoms with Crippen LogP contribution >= 0.6 is 11.3 Å². The Morgan fingerprint density at radius 3 is 2.67 bits per heavy atom. The number of rotatable bonds is 5. The number of thiophene rings is 1. The predicted octanol–water partition coefficient (Wildman–Crippen LogP) is 3.31. The van der Waals surface area contributed by atoms with Crippen molar-refractivity contribution >= 4 is 33.4 Å². The summed E-state index contributed by atoms with van der Waals surface area (Å²) in [7, 11) is 0. The summed E-state index contributed by atoms with van der Waals surface area (Å²) in [6.45, 7) is 5.92. The third kappa shape index (κ3) is 3.73. The Labute approximate surface area is 208 Å². The number of ether oxygens (including phenoxy) is 1. The molecule has 1 aliphatic carbocycles. The van der Waals surface area contributed by atoms with Gasteiger partial charge >= 0.3 is 6.18 Å². The Kier molecular flexibility index (Phi) is 5.29. The highest BCUT2D eigenvalue weighted by atomic mass is 32.1. The molecule has 0 aromatic carbocycles. The first-order chi connectivity index (χ1) is 17.1. The van der Waals surface area contributed by atoms with Gasteiger partial charge in [0.25, 0.3) is 0 Å². The topological polar surface area (TPSA) is 89.3 Å². The molecule has 8 nitrogen and oxygen atoms in total. The minimum Gasteiger partial charge on any atom is -0.374 e. The van der Waals surface area contributed by atoms with Crippen molar-refractivity contribution in [1.29, 1.82) is 0 Å². The zero-order valence-corrected chi connectivity index (χ0v) is 20.4. The van der Waals surface area contributed by atoms with E-state index in [1.807, 2.05) is 13.8 Å². The summed E-state index contributed by atoms with van der Waals surface area (Å²) in [5.74, 6) is -0.677. The second-order valence-electron chi connectivity index (χ2n) is 10.1. The third-order valence-corrected chi connectivity index (χ3v) is 8.52. The number of piperidine rings is 1. The number of amides is 2. The molecule has 36 heavy (non-hydrogen) atoms. The van der Waals surface area contributed by atoms with Crippen LogP contribution in [0.5, 0.6) is 0 Å². The molecule has 3 atom stereocenters. The minimum absolute atomic E-state index is 0.130. The maximum Gasteiger partial charge on any atom is 0.434 e. The number of morpholine rings is 1. The molecule has 5 heterocycles. The molecular weight excluding hydrogens is 495 g/mol. The van der Waals surface area contributed by atoms with Gasteiger partial charge in [-0.25, -0.2) is 4.98 Å². The number of imide groups is 1. The number of imidazole rings is 1. The van der Waals surface area contributed by atoms with E-state index in [0.29, 0.717) is 35.5 Å². The molecule has 1 N–H and O–H groups in total. The van der Waals surface area contributed by atoms with Crippen molar-refractivity contribution in [2.75, 3.05) is 19.7 Å². The van der Waals surface area contributed by atoms with Crippen LogP contribution in [0, 0.1) is 17.3 Å². The highest BCUT2D eigenvalue weighted by Crippen LogP contribution is 2.63. The number of fused-ring (bicyclic) bond motifs is 2. The number of hydrogen-bond donors (Lipinski definition) is 1. The van der Waals surface area contributed by atoms with Crippen molar-refractivity contribution in [3.8, 4) is 11.4 Å². The van der Waals surface area contributed by atoms with Crippen molar-refractivity contribution in [2.24, 2.45) is 17.3 Å². The van der Waals surface area contributed by atoms with Crippen LogP contribution < -0.4 is 5.32 Å². The summed E-state index contributed by atoms with van der Waals surface area (Å²) in [6.07, 6.45) is -2.33. The van der Waals surface area contributed by atoms with Gasteiger partial charge in [0, 0.05) is 35.9 Å². The van der Waals surface area contributed by atoms with Crippen LogP contribution in [0.2, 0.25) is 0 Å². The molecule has 0 bridgehead atoms. The highest BCUT2D eigenvalue weighted by Gasteiger charge is 2.72. The van der Waals surface area contributed by atoms with Gasteiger partial charge in [-0.2, -0.15) is 13.2 Å². The van der Waals surface area contributed by atoms with Crippen molar-refractivity contribution < 1.29 is 27.5 Å². The quantitative estimate of drug-likeness (QED) is 0.521. The fourth-order valence-corrected chi connectivity index (χ4v) is 6.53. The van der Waals surface area contributed by atoms with E-state index in [4.69, 9.17) is 4.74 Å². The van der Waals surface area contributed by atoms with E-state index in [2.05, 4.69) is 15.3 Å². The van der Waals surface area contributed by atoms with Gasteiger partial charge in [0.1, 0.15) is 5.82 Å². The molecule has 3 aliphatic rings. The van der Waals surface area contributed by atoms with Gasteiger partial charge in [0.2, 0.25) is 11.8 Å². The van der Waals surface area contributed by atoms with Crippen molar-refractivity contribution in [2.45, 2.75) is 39.2 Å². The first-order valence-electron chi connectivity index (χ1n) is 11.8. The van der Waals surface area contributed by atoms with Gasteiger partial charge in [-0.05, 0) is 17.5 Å². The second kappa shape index (κ2) is 8.09. The largest absolute Gasteiger partial charge is 0.434 e. The monoisotopic (exact) mass is 519 g/mol. The van der Waals surface area contributed by atoms with Crippen LogP contribution in [-0.4, -0.2) is 57.0 Å². The molecule has 190 valence electrons. The average Bonchev–Trinajstić information content (AvgIpc) is 3.19. The summed E-state index contributed by atoms with van der Waals surface area (Å²) in [5, 5.41) is 3.19. The lowest BCUT2D eigenvalue weighted by Crippen LogP contribution is -2.40. The standard InChI is InChI=1S/C24H24F3N5O3S/c1-23(2)17-18(23)22(34)32(21(17)33)10-13-7-15-19(36-13)14(3-4-29-15)20-30-16(24(25,26)27)11-31(20)9-12-8-28-5-6-35-12/h3-4,7,11-12,17-18,28H,5-6,8-10H2,1-2H3.